The summed E-state index contributed by atoms with van der Waals surface area (Å²) in [6.07, 6.45) is 0.0792. The van der Waals surface area contributed by atoms with Crippen LogP contribution in [-0.2, 0) is 27.2 Å². The van der Waals surface area contributed by atoms with Gasteiger partial charge in [-0.25, -0.2) is 4.79 Å². The van der Waals surface area contributed by atoms with Crippen LogP contribution in [0.15, 0.2) is 78.9 Å². The minimum atomic E-state index is -1.07. The highest BCUT2D eigenvalue weighted by molar-refractivity contribution is 8.14. The van der Waals surface area contributed by atoms with Crippen molar-refractivity contribution in [3.05, 3.63) is 90.0 Å². The minimum Gasteiger partial charge on any atom is -0.457 e. The Morgan fingerprint density at radius 3 is 2.14 bits per heavy atom. The number of ether oxygens (including phenoxy) is 2. The van der Waals surface area contributed by atoms with E-state index in [2.05, 4.69) is 21.5 Å². The van der Waals surface area contributed by atoms with E-state index in [0.717, 1.165) is 17.5 Å². The highest BCUT2D eigenvalue weighted by Crippen LogP contribution is 2.22. The zero-order chi connectivity index (χ0) is 30.5. The van der Waals surface area contributed by atoms with Crippen molar-refractivity contribution in [3.8, 4) is 11.5 Å². The molecule has 0 radical (unpaired) electrons. The Morgan fingerprint density at radius 1 is 0.833 bits per heavy atom. The fraction of sp³-hybridized carbons (Fsp3) is 0.290. The van der Waals surface area contributed by atoms with Gasteiger partial charge < -0.3 is 20.1 Å². The maximum absolute atomic E-state index is 13.0. The second-order valence-electron chi connectivity index (χ2n) is 10.2. The first kappa shape index (κ1) is 32.0. The number of alkyl carbamates (subject to hydrolysis) is 1. The van der Waals surface area contributed by atoms with Gasteiger partial charge in [0, 0.05) is 12.1 Å². The lowest BCUT2D eigenvalue weighted by Crippen LogP contribution is -2.53. The van der Waals surface area contributed by atoms with Gasteiger partial charge in [-0.3, -0.25) is 25.2 Å². The maximum atomic E-state index is 13.0. The van der Waals surface area contributed by atoms with Crippen molar-refractivity contribution in [2.45, 2.75) is 52.2 Å². The molecule has 3 rings (SSSR count). The predicted molar refractivity (Wildman–Crippen MR) is 163 cm³/mol. The molecule has 3 aromatic carbocycles. The van der Waals surface area contributed by atoms with Gasteiger partial charge in [-0.2, -0.15) is 0 Å². The van der Waals surface area contributed by atoms with E-state index in [1.807, 2.05) is 55.5 Å². The molecular weight excluding hydrogens is 556 g/mol. The molecule has 0 saturated heterocycles. The van der Waals surface area contributed by atoms with E-state index in [0.29, 0.717) is 28.9 Å². The van der Waals surface area contributed by atoms with E-state index in [1.54, 1.807) is 51.1 Å². The summed E-state index contributed by atoms with van der Waals surface area (Å²) in [5, 5.41) is 4.71. The van der Waals surface area contributed by atoms with Gasteiger partial charge in [0.05, 0.1) is 5.75 Å². The van der Waals surface area contributed by atoms with Crippen LogP contribution in [0.5, 0.6) is 11.5 Å². The van der Waals surface area contributed by atoms with Gasteiger partial charge in [0.25, 0.3) is 11.1 Å². The van der Waals surface area contributed by atoms with Crippen LogP contribution in [0, 0.1) is 0 Å². The number of anilines is 1. The molecule has 3 aromatic rings. The van der Waals surface area contributed by atoms with Crippen molar-refractivity contribution >= 4 is 40.6 Å². The number of hydrogen-bond acceptors (Lipinski definition) is 7. The van der Waals surface area contributed by atoms with Crippen LogP contribution in [-0.4, -0.2) is 40.5 Å². The molecule has 10 nitrogen and oxygen atoms in total. The van der Waals surface area contributed by atoms with E-state index in [4.69, 9.17) is 9.47 Å². The van der Waals surface area contributed by atoms with Crippen molar-refractivity contribution < 1.29 is 28.7 Å². The van der Waals surface area contributed by atoms with Crippen LogP contribution in [0.3, 0.4) is 0 Å². The first-order valence-corrected chi connectivity index (χ1v) is 14.4. The molecule has 0 unspecified atom stereocenters. The molecule has 0 heterocycles. The third kappa shape index (κ3) is 11.2. The number of hydrazine groups is 1. The van der Waals surface area contributed by atoms with E-state index >= 15 is 0 Å². The van der Waals surface area contributed by atoms with Crippen LogP contribution < -0.4 is 26.2 Å². The molecule has 42 heavy (non-hydrogen) atoms. The summed E-state index contributed by atoms with van der Waals surface area (Å²) in [7, 11) is 0. The van der Waals surface area contributed by atoms with Crippen LogP contribution in [0.25, 0.3) is 0 Å². The quantitative estimate of drug-likeness (QED) is 0.226. The number of nitrogens with one attached hydrogen (secondary N) is 4. The monoisotopic (exact) mass is 592 g/mol. The van der Waals surface area contributed by atoms with E-state index < -0.39 is 28.9 Å². The molecule has 4 N–H and O–H groups in total. The highest BCUT2D eigenvalue weighted by Gasteiger charge is 2.25. The molecule has 11 heteroatoms. The number of rotatable bonds is 10. The van der Waals surface area contributed by atoms with Crippen molar-refractivity contribution in [2.75, 3.05) is 11.1 Å². The molecule has 222 valence electrons. The smallest absolute Gasteiger partial charge is 0.408 e. The highest BCUT2D eigenvalue weighted by atomic mass is 32.2. The number of carbonyl (C=O) groups is 4. The molecule has 0 aromatic heterocycles. The molecule has 0 saturated carbocycles. The Kier molecular flexibility index (Phi) is 11.8. The van der Waals surface area contributed by atoms with Crippen molar-refractivity contribution in [1.82, 2.24) is 16.2 Å². The van der Waals surface area contributed by atoms with Gasteiger partial charge in [0.15, 0.2) is 0 Å². The largest absolute Gasteiger partial charge is 0.457 e. The Bertz CT molecular complexity index is 1360. The fourth-order valence-electron chi connectivity index (χ4n) is 3.72. The topological polar surface area (TPSA) is 135 Å². The zero-order valence-corrected chi connectivity index (χ0v) is 24.9. The first-order valence-electron chi connectivity index (χ1n) is 13.4. The second kappa shape index (κ2) is 15.5. The molecule has 0 bridgehead atoms. The third-order valence-electron chi connectivity index (χ3n) is 5.64. The Balaban J connectivity index is 1.56. The molecule has 0 spiro atoms. The summed E-state index contributed by atoms with van der Waals surface area (Å²) in [5.41, 5.74) is 6.23. The fourth-order valence-corrected chi connectivity index (χ4v) is 4.17. The number of aryl methyl sites for hydroxylation is 1. The molecule has 0 aliphatic carbocycles. The maximum Gasteiger partial charge on any atom is 0.408 e. The van der Waals surface area contributed by atoms with Crippen molar-refractivity contribution in [3.63, 3.8) is 0 Å². The van der Waals surface area contributed by atoms with Crippen molar-refractivity contribution in [1.29, 1.82) is 0 Å². The molecule has 1 atom stereocenters. The average molecular weight is 593 g/mol. The van der Waals surface area contributed by atoms with E-state index in [9.17, 15) is 19.2 Å². The van der Waals surface area contributed by atoms with Gasteiger partial charge in [0.2, 0.25) is 5.91 Å². The normalized spacial score (nSPS) is 11.5. The Labute approximate surface area is 249 Å². The number of hydrogen-bond donors (Lipinski definition) is 4. The molecule has 0 aliphatic heterocycles. The lowest BCUT2D eigenvalue weighted by Gasteiger charge is -2.23. The van der Waals surface area contributed by atoms with Gasteiger partial charge in [-0.05, 0) is 68.7 Å². The van der Waals surface area contributed by atoms with Crippen LogP contribution >= 0.6 is 11.8 Å². The average Bonchev–Trinajstić information content (AvgIpc) is 2.95. The van der Waals surface area contributed by atoms with E-state index in [1.165, 1.54) is 0 Å². The molecular formula is C31H36N4O6S. The van der Waals surface area contributed by atoms with Gasteiger partial charge >= 0.3 is 6.09 Å². The second-order valence-corrected chi connectivity index (χ2v) is 11.2. The molecule has 0 aliphatic rings. The zero-order valence-electron chi connectivity index (χ0n) is 24.1. The van der Waals surface area contributed by atoms with Crippen molar-refractivity contribution in [2.24, 2.45) is 0 Å². The Hall–Kier alpha value is -4.51. The SMILES string of the molecule is CCc1ccccc1NC(=O)CSC(=O)NNC(=O)[C@H](Cc1ccc(Oc2ccccc2)cc1)NC(=O)OC(C)(C)C. The minimum absolute atomic E-state index is 0.110. The molecule has 0 fully saturated rings. The van der Waals surface area contributed by atoms with Gasteiger partial charge in [0.1, 0.15) is 23.1 Å². The predicted octanol–water partition coefficient (Wildman–Crippen LogP) is 5.59. The van der Waals surface area contributed by atoms with Crippen LogP contribution in [0.4, 0.5) is 15.3 Å². The summed E-state index contributed by atoms with van der Waals surface area (Å²) in [4.78, 5) is 50.1. The van der Waals surface area contributed by atoms with Crippen LogP contribution in [0.2, 0.25) is 0 Å². The standard InChI is InChI=1S/C31H36N4O6S/c1-5-22-11-9-10-14-25(22)32-27(36)20-42-30(39)35-34-28(37)26(33-29(38)41-31(2,3)4)19-21-15-17-24(18-16-21)40-23-12-7-6-8-13-23/h6-18,26H,5,19-20H2,1-4H3,(H,32,36)(H,33,38)(H,34,37)(H,35,39)/t26-/m0/s1. The van der Waals surface area contributed by atoms with E-state index in [-0.39, 0.29) is 18.1 Å². The van der Waals surface area contributed by atoms with Gasteiger partial charge in [-0.1, -0.05) is 67.2 Å². The molecule has 4 amide bonds. The number of benzene rings is 3. The lowest BCUT2D eigenvalue weighted by molar-refractivity contribution is -0.123. The number of amides is 4. The first-order chi connectivity index (χ1) is 20.0. The van der Waals surface area contributed by atoms with Gasteiger partial charge in [-0.15, -0.1) is 0 Å². The number of thioether (sulfide) groups is 1. The van der Waals surface area contributed by atoms with Crippen LogP contribution in [0.1, 0.15) is 38.8 Å². The lowest BCUT2D eigenvalue weighted by atomic mass is 10.1. The summed E-state index contributed by atoms with van der Waals surface area (Å²) in [6, 6.07) is 22.7. The summed E-state index contributed by atoms with van der Waals surface area (Å²) < 4.78 is 11.1. The summed E-state index contributed by atoms with van der Waals surface area (Å²) >= 11 is 0.696. The third-order valence-corrected chi connectivity index (χ3v) is 6.41. The summed E-state index contributed by atoms with van der Waals surface area (Å²) in [6.45, 7) is 7.11. The summed E-state index contributed by atoms with van der Waals surface area (Å²) in [5.74, 6) is 0.118. The number of carbonyl (C=O) groups excluding carboxylic acids is 4. The number of para-hydroxylation sites is 2. The Morgan fingerprint density at radius 2 is 1.48 bits per heavy atom.